The van der Waals surface area contributed by atoms with Crippen LogP contribution in [0.1, 0.15) is 27.0 Å². The second-order valence-corrected chi connectivity index (χ2v) is 6.76. The van der Waals surface area contributed by atoms with Gasteiger partial charge in [-0.15, -0.1) is 0 Å². The van der Waals surface area contributed by atoms with Gasteiger partial charge >= 0.3 is 5.97 Å². The Balaban J connectivity index is 1.88. The van der Waals surface area contributed by atoms with Gasteiger partial charge in [-0.25, -0.2) is 4.79 Å². The van der Waals surface area contributed by atoms with Crippen LogP contribution in [0.2, 0.25) is 5.02 Å². The topological polar surface area (TPSA) is 47.6 Å². The minimum absolute atomic E-state index is 0.341. The maximum absolute atomic E-state index is 12.6. The highest BCUT2D eigenvalue weighted by Gasteiger charge is 2.53. The first-order chi connectivity index (χ1) is 12.6. The highest BCUT2D eigenvalue weighted by Crippen LogP contribution is 2.56. The summed E-state index contributed by atoms with van der Waals surface area (Å²) in [6.45, 7) is 0. The highest BCUT2D eigenvalue weighted by atomic mass is 35.5. The van der Waals surface area contributed by atoms with E-state index >= 15 is 0 Å². The van der Waals surface area contributed by atoms with E-state index in [4.69, 9.17) is 21.1 Å². The first-order valence-corrected chi connectivity index (χ1v) is 8.64. The average molecular weight is 364 g/mol. The number of carbonyl (C=O) groups is 1. The van der Waals surface area contributed by atoms with E-state index in [0.717, 1.165) is 22.4 Å². The average Bonchev–Trinajstić information content (AvgIpc) is 2.95. The number of benzene rings is 3. The molecule has 0 radical (unpaired) electrons. The predicted molar refractivity (Wildman–Crippen MR) is 99.3 cm³/mol. The Bertz CT molecular complexity index is 1080. The zero-order valence-corrected chi connectivity index (χ0v) is 14.6. The Hall–Kier alpha value is -2.98. The molecule has 0 aromatic heterocycles. The van der Waals surface area contributed by atoms with Crippen LogP contribution in [0.15, 0.2) is 60.7 Å². The van der Waals surface area contributed by atoms with E-state index in [2.05, 4.69) is 5.32 Å². The minimum Gasteiger partial charge on any atom is -0.456 e. The lowest BCUT2D eigenvalue weighted by molar-refractivity contribution is 0.0224. The summed E-state index contributed by atoms with van der Waals surface area (Å²) >= 11 is 6.19. The van der Waals surface area contributed by atoms with E-state index in [1.807, 2.05) is 49.5 Å². The molecule has 26 heavy (non-hydrogen) atoms. The van der Waals surface area contributed by atoms with Crippen molar-refractivity contribution in [3.63, 3.8) is 0 Å². The Morgan fingerprint density at radius 2 is 1.65 bits per heavy atom. The number of fused-ring (bicyclic) bond motifs is 6. The minimum atomic E-state index is -1.03. The van der Waals surface area contributed by atoms with Gasteiger partial charge in [0.25, 0.3) is 0 Å². The van der Waals surface area contributed by atoms with Crippen LogP contribution in [0.25, 0.3) is 0 Å². The SMILES string of the molecule is CNc1ccc2c(c1)Oc1cc(Cl)ccc1C21OC(=O)c2ccccc21. The molecule has 0 aliphatic carbocycles. The summed E-state index contributed by atoms with van der Waals surface area (Å²) in [5.41, 5.74) is 2.82. The Morgan fingerprint density at radius 1 is 0.923 bits per heavy atom. The summed E-state index contributed by atoms with van der Waals surface area (Å²) in [5.74, 6) is 0.880. The van der Waals surface area contributed by atoms with Gasteiger partial charge in [-0.05, 0) is 36.4 Å². The summed E-state index contributed by atoms with van der Waals surface area (Å²) in [4.78, 5) is 12.6. The lowest BCUT2D eigenvalue weighted by Gasteiger charge is -2.36. The van der Waals surface area contributed by atoms with Crippen molar-refractivity contribution < 1.29 is 14.3 Å². The third-order valence-corrected chi connectivity index (χ3v) is 5.20. The van der Waals surface area contributed by atoms with Gasteiger partial charge in [0.15, 0.2) is 5.60 Å². The van der Waals surface area contributed by atoms with Crippen LogP contribution in [0.4, 0.5) is 5.69 Å². The molecule has 1 N–H and O–H groups in total. The smallest absolute Gasteiger partial charge is 0.340 e. The van der Waals surface area contributed by atoms with Crippen LogP contribution in [0, 0.1) is 0 Å². The van der Waals surface area contributed by atoms with Crippen LogP contribution < -0.4 is 10.1 Å². The molecule has 1 unspecified atom stereocenters. The molecular formula is C21H14ClNO3. The second kappa shape index (κ2) is 5.26. The van der Waals surface area contributed by atoms with Crippen LogP contribution in [-0.2, 0) is 10.3 Å². The molecule has 4 nitrogen and oxygen atoms in total. The largest absolute Gasteiger partial charge is 0.456 e. The van der Waals surface area contributed by atoms with Crippen LogP contribution >= 0.6 is 11.6 Å². The van der Waals surface area contributed by atoms with Crippen molar-refractivity contribution in [3.8, 4) is 11.5 Å². The molecule has 3 aromatic carbocycles. The monoisotopic (exact) mass is 363 g/mol. The second-order valence-electron chi connectivity index (χ2n) is 6.32. The third-order valence-electron chi connectivity index (χ3n) is 4.96. The summed E-state index contributed by atoms with van der Waals surface area (Å²) in [7, 11) is 1.84. The molecule has 5 heteroatoms. The molecule has 2 aliphatic rings. The zero-order chi connectivity index (χ0) is 17.9. The van der Waals surface area contributed by atoms with E-state index in [1.54, 1.807) is 18.2 Å². The molecule has 128 valence electrons. The van der Waals surface area contributed by atoms with Crippen LogP contribution in [0.3, 0.4) is 0 Å². The van der Waals surface area contributed by atoms with Gasteiger partial charge in [0.2, 0.25) is 0 Å². The van der Waals surface area contributed by atoms with Crippen LogP contribution in [0.5, 0.6) is 11.5 Å². The maximum atomic E-state index is 12.6. The van der Waals surface area contributed by atoms with Gasteiger partial charge < -0.3 is 14.8 Å². The first kappa shape index (κ1) is 15.3. The van der Waals surface area contributed by atoms with E-state index in [-0.39, 0.29) is 5.97 Å². The molecule has 0 amide bonds. The van der Waals surface area contributed by atoms with Gasteiger partial charge in [0.05, 0.1) is 5.56 Å². The normalized spacial score (nSPS) is 19.2. The quantitative estimate of drug-likeness (QED) is 0.621. The molecule has 2 heterocycles. The van der Waals surface area contributed by atoms with Crippen molar-refractivity contribution in [2.45, 2.75) is 5.60 Å². The number of nitrogens with one attached hydrogen (secondary N) is 1. The zero-order valence-electron chi connectivity index (χ0n) is 13.9. The fraction of sp³-hybridized carbons (Fsp3) is 0.0952. The Kier molecular flexibility index (Phi) is 3.09. The van der Waals surface area contributed by atoms with E-state index < -0.39 is 5.60 Å². The Labute approximate surface area is 155 Å². The van der Waals surface area contributed by atoms with Crippen molar-refractivity contribution in [3.05, 3.63) is 87.9 Å². The summed E-state index contributed by atoms with van der Waals surface area (Å²) in [6, 6.07) is 18.7. The molecule has 0 saturated carbocycles. The molecule has 0 fully saturated rings. The van der Waals surface area contributed by atoms with Crippen molar-refractivity contribution in [1.29, 1.82) is 0 Å². The van der Waals surface area contributed by atoms with E-state index in [1.165, 1.54) is 0 Å². The van der Waals surface area contributed by atoms with Gasteiger partial charge in [-0.2, -0.15) is 0 Å². The third kappa shape index (κ3) is 1.88. The lowest BCUT2D eigenvalue weighted by atomic mass is 9.77. The summed E-state index contributed by atoms with van der Waals surface area (Å²) < 4.78 is 12.2. The van der Waals surface area contributed by atoms with Gasteiger partial charge in [0, 0.05) is 40.5 Å². The number of esters is 1. The summed E-state index contributed by atoms with van der Waals surface area (Å²) in [5, 5.41) is 3.67. The number of halogens is 1. The fourth-order valence-electron chi connectivity index (χ4n) is 3.81. The molecule has 1 atom stereocenters. The number of ether oxygens (including phenoxy) is 2. The molecule has 3 aromatic rings. The Morgan fingerprint density at radius 3 is 2.46 bits per heavy atom. The maximum Gasteiger partial charge on any atom is 0.340 e. The van der Waals surface area contributed by atoms with Crippen molar-refractivity contribution in [2.24, 2.45) is 0 Å². The number of anilines is 1. The number of hydrogen-bond acceptors (Lipinski definition) is 4. The summed E-state index contributed by atoms with van der Waals surface area (Å²) in [6.07, 6.45) is 0. The molecule has 0 saturated heterocycles. The van der Waals surface area contributed by atoms with Gasteiger partial charge in [0.1, 0.15) is 11.5 Å². The molecular weight excluding hydrogens is 350 g/mol. The van der Waals surface area contributed by atoms with Gasteiger partial charge in [-0.3, -0.25) is 0 Å². The van der Waals surface area contributed by atoms with Gasteiger partial charge in [-0.1, -0.05) is 29.8 Å². The first-order valence-electron chi connectivity index (χ1n) is 8.26. The predicted octanol–water partition coefficient (Wildman–Crippen LogP) is 4.95. The number of rotatable bonds is 1. The van der Waals surface area contributed by atoms with Crippen molar-refractivity contribution >= 4 is 23.3 Å². The number of carbonyl (C=O) groups excluding carboxylic acids is 1. The van der Waals surface area contributed by atoms with E-state index in [9.17, 15) is 4.79 Å². The molecule has 1 spiro atoms. The van der Waals surface area contributed by atoms with Crippen molar-refractivity contribution in [1.82, 2.24) is 0 Å². The lowest BCUT2D eigenvalue weighted by Crippen LogP contribution is -2.33. The molecule has 2 aliphatic heterocycles. The van der Waals surface area contributed by atoms with E-state index in [0.29, 0.717) is 22.1 Å². The molecule has 0 bridgehead atoms. The molecule has 5 rings (SSSR count). The fourth-order valence-corrected chi connectivity index (χ4v) is 3.97. The standard InChI is InChI=1S/C21H14ClNO3/c1-23-13-7-9-17-19(11-13)25-18-10-12(22)6-8-16(18)21(17)15-5-3-2-4-14(15)20(24)26-21/h2-11,23H,1H3. The van der Waals surface area contributed by atoms with Crippen LogP contribution in [-0.4, -0.2) is 13.0 Å². The van der Waals surface area contributed by atoms with Crippen molar-refractivity contribution in [2.75, 3.05) is 12.4 Å². The highest BCUT2D eigenvalue weighted by molar-refractivity contribution is 6.30. The number of hydrogen-bond donors (Lipinski definition) is 1.